The number of thiophene rings is 1. The van der Waals surface area contributed by atoms with E-state index in [4.69, 9.17) is 5.73 Å². The lowest BCUT2D eigenvalue weighted by Gasteiger charge is -2.13. The molecule has 1 aromatic rings. The van der Waals surface area contributed by atoms with Crippen molar-refractivity contribution >= 4 is 17.1 Å². The van der Waals surface area contributed by atoms with Crippen molar-refractivity contribution in [1.29, 1.82) is 0 Å². The summed E-state index contributed by atoms with van der Waals surface area (Å²) >= 11 is 1.69. The molecular formula is C12H17NOS. The van der Waals surface area contributed by atoms with Crippen LogP contribution in [0.5, 0.6) is 0 Å². The molecule has 2 rings (SSSR count). The maximum absolute atomic E-state index is 11.9. The van der Waals surface area contributed by atoms with Crippen LogP contribution in [0, 0.1) is 5.92 Å². The van der Waals surface area contributed by atoms with Crippen LogP contribution in [0.1, 0.15) is 31.2 Å². The van der Waals surface area contributed by atoms with Crippen molar-refractivity contribution in [1.82, 2.24) is 0 Å². The number of hydrogen-bond donors (Lipinski definition) is 1. The summed E-state index contributed by atoms with van der Waals surface area (Å²) in [4.78, 5) is 11.9. The van der Waals surface area contributed by atoms with Crippen LogP contribution in [-0.2, 0) is 11.2 Å². The first-order valence-corrected chi connectivity index (χ1v) is 6.51. The average molecular weight is 223 g/mol. The Morgan fingerprint density at radius 1 is 1.53 bits per heavy atom. The third kappa shape index (κ3) is 2.67. The Hall–Kier alpha value is -0.670. The zero-order valence-electron chi connectivity index (χ0n) is 8.82. The molecule has 1 saturated carbocycles. The number of carbonyl (C=O) groups excluding carboxylic acids is 1. The lowest BCUT2D eigenvalue weighted by molar-refractivity contribution is -0.123. The second kappa shape index (κ2) is 4.90. The number of ketones is 1. The van der Waals surface area contributed by atoms with Crippen molar-refractivity contribution in [3.63, 3.8) is 0 Å². The monoisotopic (exact) mass is 223 g/mol. The second-order valence-electron chi connectivity index (χ2n) is 4.30. The van der Waals surface area contributed by atoms with Gasteiger partial charge in [0.15, 0.2) is 0 Å². The molecule has 1 aliphatic carbocycles. The molecule has 0 saturated heterocycles. The van der Waals surface area contributed by atoms with Gasteiger partial charge in [-0.1, -0.05) is 6.42 Å². The van der Waals surface area contributed by atoms with E-state index in [9.17, 15) is 4.79 Å². The van der Waals surface area contributed by atoms with E-state index >= 15 is 0 Å². The highest BCUT2D eigenvalue weighted by Gasteiger charge is 2.29. The van der Waals surface area contributed by atoms with Gasteiger partial charge in [0.2, 0.25) is 0 Å². The first-order chi connectivity index (χ1) is 7.27. The maximum atomic E-state index is 11.9. The van der Waals surface area contributed by atoms with Gasteiger partial charge in [-0.2, -0.15) is 11.3 Å². The minimum Gasteiger partial charge on any atom is -0.327 e. The van der Waals surface area contributed by atoms with Gasteiger partial charge in [0.05, 0.1) is 0 Å². The van der Waals surface area contributed by atoms with E-state index in [1.165, 1.54) is 5.56 Å². The molecule has 2 nitrogen and oxygen atoms in total. The lowest BCUT2D eigenvalue weighted by atomic mass is 9.95. The summed E-state index contributed by atoms with van der Waals surface area (Å²) in [5.74, 6) is 0.509. The molecule has 2 atom stereocenters. The van der Waals surface area contributed by atoms with Crippen molar-refractivity contribution in [2.24, 2.45) is 11.7 Å². The van der Waals surface area contributed by atoms with E-state index in [0.717, 1.165) is 25.7 Å². The predicted octanol–water partition coefficient (Wildman–Crippen LogP) is 2.38. The van der Waals surface area contributed by atoms with E-state index in [-0.39, 0.29) is 12.0 Å². The number of Topliss-reactive ketones (excluding diaryl/α,β-unsaturated/α-hetero) is 1. The standard InChI is InChI=1S/C12H17NOS/c13-11-3-1-2-10(11)12(14)5-4-9-6-7-15-8-9/h6-8,10-11H,1-5,13H2. The Morgan fingerprint density at radius 2 is 2.40 bits per heavy atom. The molecule has 15 heavy (non-hydrogen) atoms. The highest BCUT2D eigenvalue weighted by molar-refractivity contribution is 7.07. The SMILES string of the molecule is NC1CCCC1C(=O)CCc1ccsc1. The Morgan fingerprint density at radius 3 is 3.00 bits per heavy atom. The Labute approximate surface area is 94.5 Å². The summed E-state index contributed by atoms with van der Waals surface area (Å²) in [6.07, 6.45) is 4.69. The fourth-order valence-electron chi connectivity index (χ4n) is 2.28. The number of rotatable bonds is 4. The Bertz CT molecular complexity index is 320. The van der Waals surface area contributed by atoms with E-state index in [1.54, 1.807) is 11.3 Å². The molecule has 1 aromatic heterocycles. The Kier molecular flexibility index (Phi) is 3.54. The van der Waals surface area contributed by atoms with Gasteiger partial charge in [0.1, 0.15) is 5.78 Å². The first kappa shape index (κ1) is 10.8. The van der Waals surface area contributed by atoms with Crippen LogP contribution in [0.4, 0.5) is 0 Å². The molecule has 0 aromatic carbocycles. The minimum atomic E-state index is 0.125. The molecule has 0 aliphatic heterocycles. The smallest absolute Gasteiger partial charge is 0.137 e. The zero-order chi connectivity index (χ0) is 10.7. The quantitative estimate of drug-likeness (QED) is 0.851. The van der Waals surface area contributed by atoms with Crippen LogP contribution in [-0.4, -0.2) is 11.8 Å². The molecule has 0 bridgehead atoms. The zero-order valence-corrected chi connectivity index (χ0v) is 9.63. The van der Waals surface area contributed by atoms with E-state index in [2.05, 4.69) is 16.8 Å². The fourth-order valence-corrected chi connectivity index (χ4v) is 2.98. The minimum absolute atomic E-state index is 0.125. The number of hydrogen-bond acceptors (Lipinski definition) is 3. The highest BCUT2D eigenvalue weighted by atomic mass is 32.1. The molecule has 0 radical (unpaired) electrons. The summed E-state index contributed by atoms with van der Waals surface area (Å²) in [7, 11) is 0. The fraction of sp³-hybridized carbons (Fsp3) is 0.583. The lowest BCUT2D eigenvalue weighted by Crippen LogP contribution is -2.30. The van der Waals surface area contributed by atoms with Crippen LogP contribution in [0.15, 0.2) is 16.8 Å². The summed E-state index contributed by atoms with van der Waals surface area (Å²) < 4.78 is 0. The summed E-state index contributed by atoms with van der Waals surface area (Å²) in [5, 5.41) is 4.17. The largest absolute Gasteiger partial charge is 0.327 e. The van der Waals surface area contributed by atoms with Crippen molar-refractivity contribution in [3.8, 4) is 0 Å². The van der Waals surface area contributed by atoms with Crippen LogP contribution < -0.4 is 5.73 Å². The van der Waals surface area contributed by atoms with Gasteiger partial charge < -0.3 is 5.73 Å². The van der Waals surface area contributed by atoms with Crippen molar-refractivity contribution in [2.45, 2.75) is 38.1 Å². The van der Waals surface area contributed by atoms with E-state index < -0.39 is 0 Å². The van der Waals surface area contributed by atoms with E-state index in [0.29, 0.717) is 12.2 Å². The van der Waals surface area contributed by atoms with Crippen LogP contribution in [0.25, 0.3) is 0 Å². The number of carbonyl (C=O) groups is 1. The van der Waals surface area contributed by atoms with Crippen molar-refractivity contribution in [2.75, 3.05) is 0 Å². The molecule has 3 heteroatoms. The summed E-state index contributed by atoms with van der Waals surface area (Å²) in [5.41, 5.74) is 7.19. The molecule has 1 aliphatic rings. The topological polar surface area (TPSA) is 43.1 Å². The van der Waals surface area contributed by atoms with Gasteiger partial charge in [0.25, 0.3) is 0 Å². The first-order valence-electron chi connectivity index (χ1n) is 5.57. The normalized spacial score (nSPS) is 25.7. The van der Waals surface area contributed by atoms with Crippen molar-refractivity contribution in [3.05, 3.63) is 22.4 Å². The predicted molar refractivity (Wildman–Crippen MR) is 63.0 cm³/mol. The maximum Gasteiger partial charge on any atom is 0.137 e. The average Bonchev–Trinajstić information content (AvgIpc) is 2.84. The van der Waals surface area contributed by atoms with Crippen LogP contribution in [0.2, 0.25) is 0 Å². The molecule has 2 N–H and O–H groups in total. The highest BCUT2D eigenvalue weighted by Crippen LogP contribution is 2.26. The van der Waals surface area contributed by atoms with Gasteiger partial charge in [-0.3, -0.25) is 4.79 Å². The molecule has 82 valence electrons. The number of nitrogens with two attached hydrogens (primary N) is 1. The van der Waals surface area contributed by atoms with Crippen molar-refractivity contribution < 1.29 is 4.79 Å². The molecule has 1 fully saturated rings. The van der Waals surface area contributed by atoms with Crippen LogP contribution in [0.3, 0.4) is 0 Å². The molecule has 0 amide bonds. The Balaban J connectivity index is 1.82. The van der Waals surface area contributed by atoms with E-state index in [1.807, 2.05) is 0 Å². The molecular weight excluding hydrogens is 206 g/mol. The van der Waals surface area contributed by atoms with Gasteiger partial charge in [-0.25, -0.2) is 0 Å². The summed E-state index contributed by atoms with van der Waals surface area (Å²) in [6, 6.07) is 2.21. The third-order valence-corrected chi connectivity index (χ3v) is 3.96. The second-order valence-corrected chi connectivity index (χ2v) is 5.08. The molecule has 2 unspecified atom stereocenters. The van der Waals surface area contributed by atoms with Gasteiger partial charge in [-0.05, 0) is 41.7 Å². The van der Waals surface area contributed by atoms with Crippen LogP contribution >= 0.6 is 11.3 Å². The van der Waals surface area contributed by atoms with Gasteiger partial charge in [-0.15, -0.1) is 0 Å². The third-order valence-electron chi connectivity index (χ3n) is 3.22. The number of aryl methyl sites for hydroxylation is 1. The molecule has 0 spiro atoms. The molecule has 1 heterocycles. The summed E-state index contributed by atoms with van der Waals surface area (Å²) in [6.45, 7) is 0. The van der Waals surface area contributed by atoms with Gasteiger partial charge in [0, 0.05) is 18.4 Å². The van der Waals surface area contributed by atoms with Gasteiger partial charge >= 0.3 is 0 Å².